The van der Waals surface area contributed by atoms with Gasteiger partial charge in [0, 0.05) is 19.8 Å². The Balaban J connectivity index is 1.67. The molecular formula is C14H26N4. The molecule has 2 rings (SSSR count). The molecule has 4 heteroatoms. The van der Waals surface area contributed by atoms with Crippen molar-refractivity contribution in [3.05, 3.63) is 18.0 Å². The Morgan fingerprint density at radius 2 is 2.17 bits per heavy atom. The molecule has 0 aliphatic carbocycles. The molecule has 0 spiro atoms. The van der Waals surface area contributed by atoms with E-state index < -0.39 is 0 Å². The van der Waals surface area contributed by atoms with Crippen molar-refractivity contribution in [2.45, 2.75) is 32.7 Å². The fourth-order valence-corrected chi connectivity index (χ4v) is 2.61. The average molecular weight is 250 g/mol. The van der Waals surface area contributed by atoms with E-state index in [1.54, 1.807) is 0 Å². The van der Waals surface area contributed by atoms with Crippen LogP contribution in [0.25, 0.3) is 0 Å². The molecule has 4 nitrogen and oxygen atoms in total. The minimum Gasteiger partial charge on any atom is -0.316 e. The molecule has 18 heavy (non-hydrogen) atoms. The monoisotopic (exact) mass is 250 g/mol. The van der Waals surface area contributed by atoms with E-state index in [-0.39, 0.29) is 0 Å². The summed E-state index contributed by atoms with van der Waals surface area (Å²) in [5.41, 5.74) is 1.19. The summed E-state index contributed by atoms with van der Waals surface area (Å²) in [6.45, 7) is 8.03. The van der Waals surface area contributed by atoms with E-state index in [4.69, 9.17) is 0 Å². The quantitative estimate of drug-likeness (QED) is 0.779. The van der Waals surface area contributed by atoms with Crippen molar-refractivity contribution in [2.24, 2.45) is 13.0 Å². The van der Waals surface area contributed by atoms with Gasteiger partial charge in [0.15, 0.2) is 0 Å². The van der Waals surface area contributed by atoms with Crippen molar-refractivity contribution in [3.8, 4) is 0 Å². The summed E-state index contributed by atoms with van der Waals surface area (Å²) in [6.07, 6.45) is 5.91. The second-order valence-electron chi connectivity index (χ2n) is 5.40. The van der Waals surface area contributed by atoms with Gasteiger partial charge in [-0.3, -0.25) is 9.58 Å². The summed E-state index contributed by atoms with van der Waals surface area (Å²) in [6, 6.07) is 2.12. The number of aryl methyl sites for hydroxylation is 1. The lowest BCUT2D eigenvalue weighted by molar-refractivity contribution is 0.173. The minimum absolute atomic E-state index is 0.872. The lowest BCUT2D eigenvalue weighted by Crippen LogP contribution is -2.37. The maximum atomic E-state index is 4.45. The number of rotatable bonds is 6. The molecule has 102 valence electrons. The smallest absolute Gasteiger partial charge is 0.0764 e. The SMILES string of the molecule is CCCNCC1CCN(Cc2ccn(C)n2)CC1. The molecule has 0 bridgehead atoms. The molecule has 2 heterocycles. The maximum absolute atomic E-state index is 4.45. The number of nitrogens with zero attached hydrogens (tertiary/aromatic N) is 3. The van der Waals surface area contributed by atoms with Crippen LogP contribution >= 0.6 is 0 Å². The van der Waals surface area contributed by atoms with Crippen molar-refractivity contribution < 1.29 is 0 Å². The molecule has 1 saturated heterocycles. The third-order valence-corrected chi connectivity index (χ3v) is 3.72. The molecule has 0 aromatic carbocycles. The summed E-state index contributed by atoms with van der Waals surface area (Å²) in [7, 11) is 1.98. The van der Waals surface area contributed by atoms with Crippen LogP contribution in [-0.4, -0.2) is 40.9 Å². The number of piperidine rings is 1. The van der Waals surface area contributed by atoms with Gasteiger partial charge in [0.25, 0.3) is 0 Å². The largest absolute Gasteiger partial charge is 0.316 e. The van der Waals surface area contributed by atoms with Gasteiger partial charge >= 0.3 is 0 Å². The molecule has 1 aliphatic rings. The Kier molecular flexibility index (Phi) is 5.20. The number of hydrogen-bond acceptors (Lipinski definition) is 3. The van der Waals surface area contributed by atoms with Crippen molar-refractivity contribution >= 4 is 0 Å². The Morgan fingerprint density at radius 1 is 1.39 bits per heavy atom. The summed E-state index contributed by atoms with van der Waals surface area (Å²) in [4.78, 5) is 2.53. The molecule has 1 aromatic heterocycles. The van der Waals surface area contributed by atoms with E-state index in [9.17, 15) is 0 Å². The summed E-state index contributed by atoms with van der Waals surface area (Å²) < 4.78 is 1.89. The summed E-state index contributed by atoms with van der Waals surface area (Å²) in [5, 5.41) is 7.99. The van der Waals surface area contributed by atoms with Crippen LogP contribution in [0.2, 0.25) is 0 Å². The molecule has 1 fully saturated rings. The zero-order valence-corrected chi connectivity index (χ0v) is 11.7. The predicted octanol–water partition coefficient (Wildman–Crippen LogP) is 1.63. The Bertz CT molecular complexity index is 339. The van der Waals surface area contributed by atoms with E-state index in [1.165, 1.54) is 44.6 Å². The Hall–Kier alpha value is -0.870. The van der Waals surface area contributed by atoms with Crippen LogP contribution in [0.1, 0.15) is 31.9 Å². The van der Waals surface area contributed by atoms with Crippen LogP contribution < -0.4 is 5.32 Å². The van der Waals surface area contributed by atoms with E-state index in [1.807, 2.05) is 17.9 Å². The average Bonchev–Trinajstić information content (AvgIpc) is 2.77. The van der Waals surface area contributed by atoms with Crippen LogP contribution in [0, 0.1) is 5.92 Å². The fourth-order valence-electron chi connectivity index (χ4n) is 2.61. The molecule has 0 radical (unpaired) electrons. The molecule has 0 unspecified atom stereocenters. The third-order valence-electron chi connectivity index (χ3n) is 3.72. The van der Waals surface area contributed by atoms with Crippen LogP contribution in [0.4, 0.5) is 0 Å². The maximum Gasteiger partial charge on any atom is 0.0764 e. The lowest BCUT2D eigenvalue weighted by Gasteiger charge is -2.31. The van der Waals surface area contributed by atoms with Gasteiger partial charge in [-0.15, -0.1) is 0 Å². The first-order chi connectivity index (χ1) is 8.78. The van der Waals surface area contributed by atoms with Crippen LogP contribution in [-0.2, 0) is 13.6 Å². The summed E-state index contributed by atoms with van der Waals surface area (Å²) in [5.74, 6) is 0.872. The number of nitrogens with one attached hydrogen (secondary N) is 1. The highest BCUT2D eigenvalue weighted by molar-refractivity contribution is 4.98. The van der Waals surface area contributed by atoms with Gasteiger partial charge in [0.05, 0.1) is 5.69 Å². The molecule has 1 aliphatic heterocycles. The number of likely N-dealkylation sites (tertiary alicyclic amines) is 1. The topological polar surface area (TPSA) is 33.1 Å². The molecule has 0 atom stereocenters. The van der Waals surface area contributed by atoms with Crippen molar-refractivity contribution in [1.29, 1.82) is 0 Å². The summed E-state index contributed by atoms with van der Waals surface area (Å²) >= 11 is 0. The van der Waals surface area contributed by atoms with E-state index in [0.717, 1.165) is 19.0 Å². The second-order valence-corrected chi connectivity index (χ2v) is 5.40. The van der Waals surface area contributed by atoms with Crippen LogP contribution in [0.5, 0.6) is 0 Å². The van der Waals surface area contributed by atoms with Gasteiger partial charge < -0.3 is 5.32 Å². The second kappa shape index (κ2) is 6.90. The van der Waals surface area contributed by atoms with Gasteiger partial charge in [-0.25, -0.2) is 0 Å². The number of aromatic nitrogens is 2. The zero-order valence-electron chi connectivity index (χ0n) is 11.7. The Labute approximate surface area is 110 Å². The first kappa shape index (κ1) is 13.6. The van der Waals surface area contributed by atoms with Gasteiger partial charge in [-0.2, -0.15) is 5.10 Å². The predicted molar refractivity (Wildman–Crippen MR) is 74.4 cm³/mol. The molecule has 0 saturated carbocycles. The first-order valence-corrected chi connectivity index (χ1v) is 7.19. The standard InChI is InChI=1S/C14H26N4/c1-3-7-15-11-13-4-9-18(10-5-13)12-14-6-8-17(2)16-14/h6,8,13,15H,3-5,7,9-12H2,1-2H3. The Morgan fingerprint density at radius 3 is 2.78 bits per heavy atom. The fraction of sp³-hybridized carbons (Fsp3) is 0.786. The van der Waals surface area contributed by atoms with E-state index in [2.05, 4.69) is 28.3 Å². The highest BCUT2D eigenvalue weighted by atomic mass is 15.3. The van der Waals surface area contributed by atoms with E-state index in [0.29, 0.717) is 0 Å². The van der Waals surface area contributed by atoms with Gasteiger partial charge in [-0.1, -0.05) is 6.92 Å². The van der Waals surface area contributed by atoms with Crippen molar-refractivity contribution in [3.63, 3.8) is 0 Å². The minimum atomic E-state index is 0.872. The van der Waals surface area contributed by atoms with Gasteiger partial charge in [-0.05, 0) is 57.4 Å². The van der Waals surface area contributed by atoms with Crippen molar-refractivity contribution in [1.82, 2.24) is 20.0 Å². The highest BCUT2D eigenvalue weighted by Crippen LogP contribution is 2.17. The van der Waals surface area contributed by atoms with Crippen LogP contribution in [0.15, 0.2) is 12.3 Å². The van der Waals surface area contributed by atoms with Gasteiger partial charge in [0.1, 0.15) is 0 Å². The molecule has 1 aromatic rings. The third kappa shape index (κ3) is 4.10. The van der Waals surface area contributed by atoms with Crippen molar-refractivity contribution in [2.75, 3.05) is 26.2 Å². The molecule has 0 amide bonds. The normalized spacial score (nSPS) is 18.3. The lowest BCUT2D eigenvalue weighted by atomic mass is 9.96. The first-order valence-electron chi connectivity index (χ1n) is 7.19. The highest BCUT2D eigenvalue weighted by Gasteiger charge is 2.19. The molecular weight excluding hydrogens is 224 g/mol. The molecule has 1 N–H and O–H groups in total. The van der Waals surface area contributed by atoms with Gasteiger partial charge in [0.2, 0.25) is 0 Å². The van der Waals surface area contributed by atoms with E-state index >= 15 is 0 Å². The van der Waals surface area contributed by atoms with Crippen LogP contribution in [0.3, 0.4) is 0 Å². The number of hydrogen-bond donors (Lipinski definition) is 1. The zero-order chi connectivity index (χ0) is 12.8.